The van der Waals surface area contributed by atoms with Crippen molar-refractivity contribution < 1.29 is 0 Å². The number of para-hydroxylation sites is 4. The van der Waals surface area contributed by atoms with E-state index >= 15 is 0 Å². The Bertz CT molecular complexity index is 2830. The molecule has 0 bridgehead atoms. The second-order valence-electron chi connectivity index (χ2n) is 12.2. The van der Waals surface area contributed by atoms with Gasteiger partial charge in [0.2, 0.25) is 5.95 Å². The van der Waals surface area contributed by atoms with Gasteiger partial charge in [0.25, 0.3) is 0 Å². The minimum Gasteiger partial charge on any atom is -0.309 e. The highest BCUT2D eigenvalue weighted by Crippen LogP contribution is 2.41. The summed E-state index contributed by atoms with van der Waals surface area (Å²) in [5.41, 5.74) is 11.0. The number of benzene rings is 7. The number of fused-ring (bicyclic) bond motifs is 7. The third-order valence-corrected chi connectivity index (χ3v) is 9.54. The molecule has 0 unspecified atom stereocenters. The van der Waals surface area contributed by atoms with E-state index in [0.717, 1.165) is 38.9 Å². The molecule has 0 saturated carbocycles. The highest BCUT2D eigenvalue weighted by molar-refractivity contribution is 6.17. The van der Waals surface area contributed by atoms with Gasteiger partial charge in [0, 0.05) is 38.2 Å². The minimum absolute atomic E-state index is 0.663. The van der Waals surface area contributed by atoms with Gasteiger partial charge in [0.05, 0.1) is 33.3 Å². The molecule has 3 aromatic heterocycles. The molecule has 0 aliphatic rings. The zero-order valence-electron chi connectivity index (χ0n) is 26.0. The van der Waals surface area contributed by atoms with Crippen LogP contribution in [0.4, 0.5) is 0 Å². The summed E-state index contributed by atoms with van der Waals surface area (Å²) >= 11 is 0. The number of aromatic nitrogens is 4. The van der Waals surface area contributed by atoms with E-state index in [0.29, 0.717) is 5.95 Å². The normalized spacial score (nSPS) is 11.8. The Morgan fingerprint density at radius 3 is 1.81 bits per heavy atom. The molecule has 4 nitrogen and oxygen atoms in total. The molecule has 0 atom stereocenters. The number of hydrogen-bond donors (Lipinski definition) is 0. The molecule has 10 rings (SSSR count). The molecule has 0 fully saturated rings. The first-order chi connectivity index (χ1) is 23.8. The van der Waals surface area contributed by atoms with Gasteiger partial charge in [-0.15, -0.1) is 0 Å². The fraction of sp³-hybridized carbons (Fsp3) is 0. The molecule has 0 amide bonds. The molecule has 7 aromatic carbocycles. The number of hydrogen-bond acceptors (Lipinski definition) is 2. The predicted octanol–water partition coefficient (Wildman–Crippen LogP) is 11.2. The van der Waals surface area contributed by atoms with Gasteiger partial charge >= 0.3 is 0 Å². The van der Waals surface area contributed by atoms with Crippen molar-refractivity contribution in [3.8, 4) is 34.0 Å². The van der Waals surface area contributed by atoms with Crippen LogP contribution < -0.4 is 0 Å². The first-order valence-electron chi connectivity index (χ1n) is 16.3. The average Bonchev–Trinajstić information content (AvgIpc) is 3.68. The Morgan fingerprint density at radius 2 is 1.00 bits per heavy atom. The Hall–Kier alpha value is -6.52. The maximum Gasteiger partial charge on any atom is 0.235 e. The molecular weight excluding hydrogens is 585 g/mol. The molecular formula is C44H28N4. The second kappa shape index (κ2) is 10.5. The van der Waals surface area contributed by atoms with Crippen LogP contribution in [0.3, 0.4) is 0 Å². The summed E-state index contributed by atoms with van der Waals surface area (Å²) in [6.07, 6.45) is 0. The zero-order chi connectivity index (χ0) is 31.6. The smallest absolute Gasteiger partial charge is 0.235 e. The summed E-state index contributed by atoms with van der Waals surface area (Å²) in [5.74, 6) is 0.663. The van der Waals surface area contributed by atoms with Crippen molar-refractivity contribution in [1.82, 2.24) is 19.1 Å². The van der Waals surface area contributed by atoms with Crippen LogP contribution in [0.1, 0.15) is 0 Å². The van der Waals surface area contributed by atoms with Crippen molar-refractivity contribution in [1.29, 1.82) is 0 Å². The van der Waals surface area contributed by atoms with E-state index in [9.17, 15) is 0 Å². The maximum atomic E-state index is 5.28. The molecule has 48 heavy (non-hydrogen) atoms. The van der Waals surface area contributed by atoms with Gasteiger partial charge in [-0.05, 0) is 53.6 Å². The van der Waals surface area contributed by atoms with Gasteiger partial charge in [-0.2, -0.15) is 0 Å². The van der Waals surface area contributed by atoms with Crippen molar-refractivity contribution in [3.63, 3.8) is 0 Å². The number of rotatable bonds is 4. The Morgan fingerprint density at radius 1 is 0.375 bits per heavy atom. The fourth-order valence-corrected chi connectivity index (χ4v) is 7.45. The SMILES string of the molecule is c1ccc(-c2nc(-n3c4ccccc4c4c(-c5ccc6c7ccccc7n(-c7ccccc7)c6c5)cccc43)nc3ccccc23)cc1. The lowest BCUT2D eigenvalue weighted by Crippen LogP contribution is -2.03. The fourth-order valence-electron chi connectivity index (χ4n) is 7.45. The Labute approximate surface area is 276 Å². The summed E-state index contributed by atoms with van der Waals surface area (Å²) in [6, 6.07) is 60.1. The van der Waals surface area contributed by atoms with Crippen LogP contribution in [-0.4, -0.2) is 19.1 Å². The second-order valence-corrected chi connectivity index (χ2v) is 12.2. The van der Waals surface area contributed by atoms with Gasteiger partial charge < -0.3 is 4.57 Å². The van der Waals surface area contributed by atoms with Crippen molar-refractivity contribution in [3.05, 3.63) is 170 Å². The molecule has 10 aromatic rings. The first kappa shape index (κ1) is 26.7. The summed E-state index contributed by atoms with van der Waals surface area (Å²) in [4.78, 5) is 10.4. The molecule has 224 valence electrons. The highest BCUT2D eigenvalue weighted by Gasteiger charge is 2.20. The first-order valence-corrected chi connectivity index (χ1v) is 16.3. The van der Waals surface area contributed by atoms with Gasteiger partial charge in [-0.25, -0.2) is 9.97 Å². The molecule has 3 heterocycles. The molecule has 4 heteroatoms. The third-order valence-electron chi connectivity index (χ3n) is 9.54. The Kier molecular flexibility index (Phi) is 5.84. The van der Waals surface area contributed by atoms with Crippen LogP contribution in [0.5, 0.6) is 0 Å². The van der Waals surface area contributed by atoms with Crippen LogP contribution in [0.25, 0.3) is 88.5 Å². The van der Waals surface area contributed by atoms with Gasteiger partial charge in [0.1, 0.15) is 0 Å². The minimum atomic E-state index is 0.663. The highest BCUT2D eigenvalue weighted by atomic mass is 15.2. The standard InChI is InChI=1S/C44H28N4/c1-3-14-29(15-4-1)43-35-19-7-10-22-37(35)45-44(46-43)48-39-24-12-9-20-36(39)42-32(21-13-25-40(42)48)30-26-27-34-33-18-8-11-23-38(33)47(41(34)28-30)31-16-5-2-6-17-31/h1-28H. The Balaban J connectivity index is 1.26. The lowest BCUT2D eigenvalue weighted by molar-refractivity contribution is 1.01. The van der Waals surface area contributed by atoms with E-state index in [-0.39, 0.29) is 0 Å². The van der Waals surface area contributed by atoms with Gasteiger partial charge in [-0.3, -0.25) is 4.57 Å². The molecule has 0 aliphatic heterocycles. The lowest BCUT2D eigenvalue weighted by Gasteiger charge is -2.12. The molecule has 0 saturated heterocycles. The van der Waals surface area contributed by atoms with E-state index in [1.807, 2.05) is 12.1 Å². The quantitative estimate of drug-likeness (QED) is 0.198. The monoisotopic (exact) mass is 612 g/mol. The number of nitrogens with zero attached hydrogens (tertiary/aromatic N) is 4. The molecule has 0 spiro atoms. The molecule has 0 radical (unpaired) electrons. The topological polar surface area (TPSA) is 35.6 Å². The van der Waals surface area contributed by atoms with Crippen molar-refractivity contribution in [2.24, 2.45) is 0 Å². The van der Waals surface area contributed by atoms with Gasteiger partial charge in [-0.1, -0.05) is 127 Å². The summed E-state index contributed by atoms with van der Waals surface area (Å²) in [7, 11) is 0. The van der Waals surface area contributed by atoms with Crippen molar-refractivity contribution in [2.45, 2.75) is 0 Å². The van der Waals surface area contributed by atoms with Crippen molar-refractivity contribution >= 4 is 54.5 Å². The molecule has 0 N–H and O–H groups in total. The molecule has 0 aliphatic carbocycles. The van der Waals surface area contributed by atoms with Crippen LogP contribution in [0.2, 0.25) is 0 Å². The van der Waals surface area contributed by atoms with E-state index in [1.165, 1.54) is 43.7 Å². The van der Waals surface area contributed by atoms with E-state index in [2.05, 4.69) is 167 Å². The summed E-state index contributed by atoms with van der Waals surface area (Å²) < 4.78 is 4.61. The zero-order valence-corrected chi connectivity index (χ0v) is 26.0. The van der Waals surface area contributed by atoms with Crippen molar-refractivity contribution in [2.75, 3.05) is 0 Å². The summed E-state index contributed by atoms with van der Waals surface area (Å²) in [5, 5.41) is 5.89. The average molecular weight is 613 g/mol. The van der Waals surface area contributed by atoms with Crippen LogP contribution in [0.15, 0.2) is 170 Å². The van der Waals surface area contributed by atoms with Gasteiger partial charge in [0.15, 0.2) is 0 Å². The van der Waals surface area contributed by atoms with E-state index < -0.39 is 0 Å². The van der Waals surface area contributed by atoms with Crippen LogP contribution in [-0.2, 0) is 0 Å². The predicted molar refractivity (Wildman–Crippen MR) is 199 cm³/mol. The maximum absolute atomic E-state index is 5.28. The van der Waals surface area contributed by atoms with Crippen LogP contribution >= 0.6 is 0 Å². The van der Waals surface area contributed by atoms with E-state index in [4.69, 9.17) is 9.97 Å². The lowest BCUT2D eigenvalue weighted by atomic mass is 9.98. The van der Waals surface area contributed by atoms with Crippen LogP contribution in [0, 0.1) is 0 Å². The largest absolute Gasteiger partial charge is 0.309 e. The summed E-state index contributed by atoms with van der Waals surface area (Å²) in [6.45, 7) is 0. The third kappa shape index (κ3) is 3.96. The van der Waals surface area contributed by atoms with E-state index in [1.54, 1.807) is 0 Å².